The molecule has 0 bridgehead atoms. The van der Waals surface area contributed by atoms with Gasteiger partial charge in [0, 0.05) is 29.5 Å². The number of nitrogens with one attached hydrogen (secondary N) is 2. The van der Waals surface area contributed by atoms with Gasteiger partial charge in [0.05, 0.1) is 11.8 Å². The van der Waals surface area contributed by atoms with Crippen molar-refractivity contribution in [1.82, 2.24) is 25.4 Å². The number of rotatable bonds is 3. The molecule has 0 spiro atoms. The van der Waals surface area contributed by atoms with Crippen molar-refractivity contribution in [2.75, 3.05) is 0 Å². The van der Waals surface area contributed by atoms with Gasteiger partial charge in [-0.05, 0) is 32.0 Å². The van der Waals surface area contributed by atoms with Crippen LogP contribution in [0, 0.1) is 13.8 Å². The van der Waals surface area contributed by atoms with Crippen LogP contribution < -0.4 is 10.9 Å². The fourth-order valence-corrected chi connectivity index (χ4v) is 2.63. The Labute approximate surface area is 144 Å². The van der Waals surface area contributed by atoms with E-state index < -0.39 is 11.8 Å². The van der Waals surface area contributed by atoms with E-state index in [1.165, 1.54) is 18.6 Å². The number of hydrogen-bond donors (Lipinski definition) is 2. The smallest absolute Gasteiger partial charge is 0.289 e. The highest BCUT2D eigenvalue weighted by Crippen LogP contribution is 2.20. The van der Waals surface area contributed by atoms with Gasteiger partial charge in [0.2, 0.25) is 0 Å². The van der Waals surface area contributed by atoms with Gasteiger partial charge >= 0.3 is 0 Å². The first kappa shape index (κ1) is 16.4. The summed E-state index contributed by atoms with van der Waals surface area (Å²) < 4.78 is 1.99. The molecule has 3 rings (SSSR count). The third-order valence-electron chi connectivity index (χ3n) is 3.78. The van der Waals surface area contributed by atoms with Crippen molar-refractivity contribution in [2.45, 2.75) is 13.8 Å². The second kappa shape index (κ2) is 6.96. The van der Waals surface area contributed by atoms with Crippen molar-refractivity contribution in [3.63, 3.8) is 0 Å². The first-order chi connectivity index (χ1) is 12.1. The molecule has 0 saturated carbocycles. The van der Waals surface area contributed by atoms with Crippen molar-refractivity contribution in [3.05, 3.63) is 77.6 Å². The van der Waals surface area contributed by atoms with Gasteiger partial charge in [-0.25, -0.2) is 4.98 Å². The molecule has 2 N–H and O–H groups in total. The zero-order valence-corrected chi connectivity index (χ0v) is 13.9. The number of hydrazine groups is 1. The first-order valence-electron chi connectivity index (χ1n) is 7.69. The number of benzene rings is 1. The van der Waals surface area contributed by atoms with E-state index in [1.54, 1.807) is 6.07 Å². The normalized spacial score (nSPS) is 10.3. The van der Waals surface area contributed by atoms with Crippen molar-refractivity contribution >= 4 is 11.8 Å². The van der Waals surface area contributed by atoms with Crippen LogP contribution in [0.2, 0.25) is 0 Å². The van der Waals surface area contributed by atoms with Crippen LogP contribution in [0.4, 0.5) is 0 Å². The number of para-hydroxylation sites is 1. The maximum absolute atomic E-state index is 12.4. The molecule has 0 aliphatic heterocycles. The van der Waals surface area contributed by atoms with E-state index in [-0.39, 0.29) is 5.69 Å². The number of aromatic nitrogens is 3. The summed E-state index contributed by atoms with van der Waals surface area (Å²) in [5.41, 5.74) is 8.05. The number of carbonyl (C=O) groups excluding carboxylic acids is 2. The minimum absolute atomic E-state index is 0.123. The van der Waals surface area contributed by atoms with Crippen LogP contribution in [0.15, 0.2) is 55.0 Å². The summed E-state index contributed by atoms with van der Waals surface area (Å²) in [5, 5.41) is 0. The lowest BCUT2D eigenvalue weighted by atomic mass is 10.2. The highest BCUT2D eigenvalue weighted by Gasteiger charge is 2.17. The summed E-state index contributed by atoms with van der Waals surface area (Å²) >= 11 is 0. The number of carbonyl (C=O) groups is 2. The lowest BCUT2D eigenvalue weighted by Gasteiger charge is -2.10. The third kappa shape index (κ3) is 3.40. The molecule has 7 nitrogen and oxygen atoms in total. The highest BCUT2D eigenvalue weighted by molar-refractivity contribution is 5.99. The molecule has 25 heavy (non-hydrogen) atoms. The minimum Gasteiger partial charge on any atom is -0.318 e. The first-order valence-corrected chi connectivity index (χ1v) is 7.69. The van der Waals surface area contributed by atoms with Crippen molar-refractivity contribution < 1.29 is 9.59 Å². The van der Waals surface area contributed by atoms with Crippen molar-refractivity contribution in [1.29, 1.82) is 0 Å². The van der Waals surface area contributed by atoms with Gasteiger partial charge in [-0.3, -0.25) is 25.4 Å². The molecule has 0 unspecified atom stereocenters. The van der Waals surface area contributed by atoms with Crippen LogP contribution >= 0.6 is 0 Å². The Morgan fingerprint density at radius 1 is 1.00 bits per heavy atom. The van der Waals surface area contributed by atoms with E-state index in [4.69, 9.17) is 0 Å². The van der Waals surface area contributed by atoms with Gasteiger partial charge in [0.1, 0.15) is 5.69 Å². The Balaban J connectivity index is 1.76. The monoisotopic (exact) mass is 335 g/mol. The summed E-state index contributed by atoms with van der Waals surface area (Å²) in [6, 6.07) is 11.5. The Bertz CT molecular complexity index is 904. The summed E-state index contributed by atoms with van der Waals surface area (Å²) in [5.74, 6) is -0.925. The molecule has 2 amide bonds. The van der Waals surface area contributed by atoms with Crippen LogP contribution in [-0.2, 0) is 0 Å². The average molecular weight is 335 g/mol. The largest absolute Gasteiger partial charge is 0.318 e. The molecule has 0 aliphatic carbocycles. The van der Waals surface area contributed by atoms with Crippen molar-refractivity contribution in [3.8, 4) is 5.69 Å². The van der Waals surface area contributed by atoms with Crippen LogP contribution in [0.1, 0.15) is 32.2 Å². The van der Waals surface area contributed by atoms with E-state index in [0.29, 0.717) is 5.56 Å². The van der Waals surface area contributed by atoms with Gasteiger partial charge in [-0.2, -0.15) is 0 Å². The molecule has 0 atom stereocenters. The van der Waals surface area contributed by atoms with Crippen LogP contribution in [-0.4, -0.2) is 26.3 Å². The second-order valence-corrected chi connectivity index (χ2v) is 5.45. The Morgan fingerprint density at radius 2 is 1.72 bits per heavy atom. The fraction of sp³-hybridized carbons (Fsp3) is 0.111. The molecule has 3 aromatic rings. The van der Waals surface area contributed by atoms with E-state index in [9.17, 15) is 9.59 Å². The molecule has 126 valence electrons. The summed E-state index contributed by atoms with van der Waals surface area (Å²) in [6.45, 7) is 3.79. The van der Waals surface area contributed by atoms with Gasteiger partial charge < -0.3 is 4.57 Å². The average Bonchev–Trinajstić information content (AvgIpc) is 2.95. The van der Waals surface area contributed by atoms with Gasteiger partial charge in [0.25, 0.3) is 11.8 Å². The number of hydrogen-bond acceptors (Lipinski definition) is 4. The van der Waals surface area contributed by atoms with Crippen LogP contribution in [0.25, 0.3) is 5.69 Å². The molecule has 1 aromatic carbocycles. The predicted octanol–water partition coefficient (Wildman–Crippen LogP) is 1.96. The van der Waals surface area contributed by atoms with E-state index >= 15 is 0 Å². The highest BCUT2D eigenvalue weighted by atomic mass is 16.2. The van der Waals surface area contributed by atoms with Gasteiger partial charge in [0.15, 0.2) is 0 Å². The van der Waals surface area contributed by atoms with Crippen molar-refractivity contribution in [2.24, 2.45) is 0 Å². The molecule has 2 heterocycles. The number of amides is 2. The molecular weight excluding hydrogens is 318 g/mol. The van der Waals surface area contributed by atoms with Crippen LogP contribution in [0.3, 0.4) is 0 Å². The Morgan fingerprint density at radius 3 is 2.40 bits per heavy atom. The zero-order valence-electron chi connectivity index (χ0n) is 13.9. The quantitative estimate of drug-likeness (QED) is 0.716. The fourth-order valence-electron chi connectivity index (χ4n) is 2.63. The lowest BCUT2D eigenvalue weighted by molar-refractivity contribution is 0.0843. The molecule has 0 saturated heterocycles. The standard InChI is InChI=1S/C18H17N5O2/c1-12-10-15(13(2)23(12)14-6-4-3-5-7-14)17(24)21-22-18(25)16-11-19-8-9-20-16/h3-11H,1-2H3,(H,21,24)(H,22,25). The summed E-state index contributed by atoms with van der Waals surface area (Å²) in [6.07, 6.45) is 4.20. The van der Waals surface area contributed by atoms with E-state index in [2.05, 4.69) is 20.8 Å². The van der Waals surface area contributed by atoms with Crippen LogP contribution in [0.5, 0.6) is 0 Å². The minimum atomic E-state index is -0.529. The predicted molar refractivity (Wildman–Crippen MR) is 92.2 cm³/mol. The van der Waals surface area contributed by atoms with E-state index in [0.717, 1.165) is 17.1 Å². The number of nitrogens with zero attached hydrogens (tertiary/aromatic N) is 3. The SMILES string of the molecule is Cc1cc(C(=O)NNC(=O)c2cnccn2)c(C)n1-c1ccccc1. The molecule has 7 heteroatoms. The second-order valence-electron chi connectivity index (χ2n) is 5.45. The number of aryl methyl sites for hydroxylation is 1. The summed E-state index contributed by atoms with van der Waals surface area (Å²) in [7, 11) is 0. The molecular formula is C18H17N5O2. The third-order valence-corrected chi connectivity index (χ3v) is 3.78. The summed E-state index contributed by atoms with van der Waals surface area (Å²) in [4.78, 5) is 32.0. The topological polar surface area (TPSA) is 88.9 Å². The maximum atomic E-state index is 12.4. The molecule has 0 radical (unpaired) electrons. The van der Waals surface area contributed by atoms with E-state index in [1.807, 2.05) is 48.7 Å². The zero-order chi connectivity index (χ0) is 17.8. The Kier molecular flexibility index (Phi) is 4.56. The molecule has 0 fully saturated rings. The molecule has 2 aromatic heterocycles. The maximum Gasteiger partial charge on any atom is 0.289 e. The van der Waals surface area contributed by atoms with Gasteiger partial charge in [-0.1, -0.05) is 18.2 Å². The lowest BCUT2D eigenvalue weighted by Crippen LogP contribution is -2.42. The Hall–Kier alpha value is -3.48. The molecule has 0 aliphatic rings. The van der Waals surface area contributed by atoms with Gasteiger partial charge in [-0.15, -0.1) is 0 Å².